The molecule has 0 unspecified atom stereocenters. The highest BCUT2D eigenvalue weighted by Crippen LogP contribution is 2.51. The number of hydrogen-bond acceptors (Lipinski definition) is 3. The Morgan fingerprint density at radius 2 is 0.906 bits per heavy atom. The maximum Gasteiger partial charge on any atom is 0.152 e. The van der Waals surface area contributed by atoms with Gasteiger partial charge in [0.25, 0.3) is 0 Å². The molecular weight excluding hydrogens is 651 g/mol. The molecule has 0 atom stereocenters. The van der Waals surface area contributed by atoms with Crippen molar-refractivity contribution in [2.45, 2.75) is 0 Å². The van der Waals surface area contributed by atoms with E-state index in [-0.39, 0.29) is 0 Å². The lowest BCUT2D eigenvalue weighted by atomic mass is 10.0. The van der Waals surface area contributed by atoms with E-state index in [1.807, 2.05) is 24.3 Å². The minimum atomic E-state index is 0.846. The number of anilines is 3. The average molecular weight is 680 g/mol. The van der Waals surface area contributed by atoms with Crippen molar-refractivity contribution in [3.8, 4) is 45.5 Å². The van der Waals surface area contributed by atoms with Crippen molar-refractivity contribution in [2.24, 2.45) is 0 Å². The molecule has 0 amide bonds. The number of rotatable bonds is 3. The molecule has 0 radical (unpaired) electrons. The largest absolute Gasteiger partial charge is 0.453 e. The lowest BCUT2D eigenvalue weighted by Gasteiger charge is -2.32. The van der Waals surface area contributed by atoms with Crippen molar-refractivity contribution in [1.82, 2.24) is 9.13 Å². The standard InChI is InChI=1S/C48H29N3O2/c1-4-16-39-34(11-1)36-14-10-22-46-48(36)51(39)47-33(13-9-21-45(47)53-46)30-23-25-31(26-24-30)49-38-15-3-2-12-35(38)37-29-32(27-28-40(37)49)50-41-17-5-7-19-43(41)52-44-20-8-6-18-42(44)50/h1-29H. The Labute approximate surface area is 304 Å². The predicted octanol–water partition coefficient (Wildman–Crippen LogP) is 13.2. The summed E-state index contributed by atoms with van der Waals surface area (Å²) in [5.41, 5.74) is 12.2. The van der Waals surface area contributed by atoms with Gasteiger partial charge in [0.2, 0.25) is 0 Å². The number of aromatic nitrogens is 2. The zero-order valence-corrected chi connectivity index (χ0v) is 28.4. The number of benzene rings is 8. The summed E-state index contributed by atoms with van der Waals surface area (Å²) in [5, 5.41) is 4.83. The van der Waals surface area contributed by atoms with Crippen LogP contribution in [0.2, 0.25) is 0 Å². The van der Waals surface area contributed by atoms with Crippen molar-refractivity contribution in [2.75, 3.05) is 4.90 Å². The highest BCUT2D eigenvalue weighted by Gasteiger charge is 2.28. The highest BCUT2D eigenvalue weighted by atomic mass is 16.5. The summed E-state index contributed by atoms with van der Waals surface area (Å²) in [6, 6.07) is 62.3. The van der Waals surface area contributed by atoms with Crippen molar-refractivity contribution in [3.63, 3.8) is 0 Å². The van der Waals surface area contributed by atoms with Crippen LogP contribution >= 0.6 is 0 Å². The van der Waals surface area contributed by atoms with E-state index in [9.17, 15) is 0 Å². The maximum atomic E-state index is 6.58. The lowest BCUT2D eigenvalue weighted by molar-refractivity contribution is 0.476. The van der Waals surface area contributed by atoms with Crippen LogP contribution in [0, 0.1) is 0 Å². The molecule has 10 aromatic rings. The van der Waals surface area contributed by atoms with E-state index in [4.69, 9.17) is 9.47 Å². The van der Waals surface area contributed by atoms with Crippen molar-refractivity contribution < 1.29 is 9.47 Å². The van der Waals surface area contributed by atoms with Gasteiger partial charge in [0.15, 0.2) is 23.0 Å². The van der Waals surface area contributed by atoms with Gasteiger partial charge in [-0.05, 0) is 84.4 Å². The highest BCUT2D eigenvalue weighted by molar-refractivity contribution is 6.13. The van der Waals surface area contributed by atoms with Crippen LogP contribution in [0.4, 0.5) is 17.1 Å². The summed E-state index contributed by atoms with van der Waals surface area (Å²) in [6.45, 7) is 0. The minimum absolute atomic E-state index is 0.846. The first-order valence-corrected chi connectivity index (χ1v) is 17.9. The van der Waals surface area contributed by atoms with Crippen LogP contribution in [0.3, 0.4) is 0 Å². The van der Waals surface area contributed by atoms with Gasteiger partial charge >= 0.3 is 0 Å². The molecule has 0 saturated carbocycles. The third kappa shape index (κ3) is 3.96. The smallest absolute Gasteiger partial charge is 0.152 e. The second kappa shape index (κ2) is 10.6. The molecule has 8 aromatic carbocycles. The van der Waals surface area contributed by atoms with Gasteiger partial charge in [0, 0.05) is 38.5 Å². The Bertz CT molecular complexity index is 3090. The monoisotopic (exact) mass is 679 g/mol. The van der Waals surface area contributed by atoms with Crippen LogP contribution in [-0.4, -0.2) is 9.13 Å². The second-order valence-corrected chi connectivity index (χ2v) is 13.7. The molecule has 5 heteroatoms. The van der Waals surface area contributed by atoms with E-state index in [1.54, 1.807) is 0 Å². The topological polar surface area (TPSA) is 31.6 Å². The molecule has 0 N–H and O–H groups in total. The Kier molecular flexibility index (Phi) is 5.71. The van der Waals surface area contributed by atoms with Crippen molar-refractivity contribution in [3.05, 3.63) is 176 Å². The number of para-hydroxylation sites is 8. The van der Waals surface area contributed by atoms with Gasteiger partial charge in [-0.2, -0.15) is 0 Å². The van der Waals surface area contributed by atoms with E-state index < -0.39 is 0 Å². The fourth-order valence-electron chi connectivity index (χ4n) is 8.64. The summed E-state index contributed by atoms with van der Waals surface area (Å²) in [7, 11) is 0. The predicted molar refractivity (Wildman–Crippen MR) is 215 cm³/mol. The Morgan fingerprint density at radius 3 is 1.68 bits per heavy atom. The molecule has 2 aromatic heterocycles. The molecule has 0 fully saturated rings. The normalized spacial score (nSPS) is 12.8. The molecule has 0 spiro atoms. The van der Waals surface area contributed by atoms with Crippen LogP contribution < -0.4 is 14.4 Å². The molecule has 53 heavy (non-hydrogen) atoms. The SMILES string of the molecule is c1ccc2c(c1)Oc1ccccc1N2c1ccc2c(c1)c1ccccc1n2-c1ccc(-c2cccc3c2-n2c4ccccc4c4cccc(c42)O3)cc1. The van der Waals surface area contributed by atoms with Crippen LogP contribution in [0.5, 0.6) is 23.0 Å². The van der Waals surface area contributed by atoms with E-state index in [0.29, 0.717) is 0 Å². The van der Waals surface area contributed by atoms with E-state index in [2.05, 4.69) is 166 Å². The summed E-state index contributed by atoms with van der Waals surface area (Å²) in [5.74, 6) is 3.43. The van der Waals surface area contributed by atoms with Crippen LogP contribution in [0.1, 0.15) is 0 Å². The first-order chi connectivity index (χ1) is 26.3. The van der Waals surface area contributed by atoms with Gasteiger partial charge in [-0.3, -0.25) is 0 Å². The number of nitrogens with zero attached hydrogens (tertiary/aromatic N) is 3. The summed E-state index contributed by atoms with van der Waals surface area (Å²) >= 11 is 0. The molecular formula is C48H29N3O2. The van der Waals surface area contributed by atoms with E-state index in [1.165, 1.54) is 32.6 Å². The summed E-state index contributed by atoms with van der Waals surface area (Å²) < 4.78 is 17.7. The zero-order chi connectivity index (χ0) is 34.6. The van der Waals surface area contributed by atoms with Crippen molar-refractivity contribution >= 4 is 60.7 Å². The summed E-state index contributed by atoms with van der Waals surface area (Å²) in [4.78, 5) is 2.30. The van der Waals surface area contributed by atoms with Crippen LogP contribution in [0.15, 0.2) is 176 Å². The number of hydrogen-bond donors (Lipinski definition) is 0. The fourth-order valence-corrected chi connectivity index (χ4v) is 8.64. The van der Waals surface area contributed by atoms with Gasteiger partial charge in [0.05, 0.1) is 39.1 Å². The van der Waals surface area contributed by atoms with Crippen LogP contribution in [-0.2, 0) is 0 Å². The number of ether oxygens (including phenoxy) is 2. The minimum Gasteiger partial charge on any atom is -0.453 e. The molecule has 0 saturated heterocycles. The van der Waals surface area contributed by atoms with Gasteiger partial charge in [-0.1, -0.05) is 97.1 Å². The molecule has 2 aliphatic rings. The molecule has 0 aliphatic carbocycles. The average Bonchev–Trinajstić information content (AvgIpc) is 3.73. The Morgan fingerprint density at radius 1 is 0.358 bits per heavy atom. The summed E-state index contributed by atoms with van der Waals surface area (Å²) in [6.07, 6.45) is 0. The maximum absolute atomic E-state index is 6.58. The quantitative estimate of drug-likeness (QED) is 0.186. The lowest BCUT2D eigenvalue weighted by Crippen LogP contribution is -2.15. The molecule has 12 rings (SSSR count). The molecule has 0 bridgehead atoms. The molecule has 2 aliphatic heterocycles. The van der Waals surface area contributed by atoms with E-state index >= 15 is 0 Å². The third-order valence-electron chi connectivity index (χ3n) is 10.9. The third-order valence-corrected chi connectivity index (χ3v) is 10.9. The first-order valence-electron chi connectivity index (χ1n) is 17.9. The number of fused-ring (bicyclic) bond motifs is 10. The molecule has 248 valence electrons. The van der Waals surface area contributed by atoms with Crippen LogP contribution in [0.25, 0.3) is 66.1 Å². The molecule has 4 heterocycles. The fraction of sp³-hybridized carbons (Fsp3) is 0. The van der Waals surface area contributed by atoms with E-state index in [0.717, 1.165) is 73.6 Å². The Hall–Kier alpha value is -7.24. The van der Waals surface area contributed by atoms with Crippen molar-refractivity contribution in [1.29, 1.82) is 0 Å². The van der Waals surface area contributed by atoms with Gasteiger partial charge < -0.3 is 23.5 Å². The zero-order valence-electron chi connectivity index (χ0n) is 28.4. The van der Waals surface area contributed by atoms with Gasteiger partial charge in [-0.15, -0.1) is 0 Å². The molecule has 5 nitrogen and oxygen atoms in total. The Balaban J connectivity index is 1.01. The second-order valence-electron chi connectivity index (χ2n) is 13.7. The van der Waals surface area contributed by atoms with Gasteiger partial charge in [-0.25, -0.2) is 0 Å². The first kappa shape index (κ1) is 28.5. The van der Waals surface area contributed by atoms with Gasteiger partial charge in [0.1, 0.15) is 0 Å².